The predicted octanol–water partition coefficient (Wildman–Crippen LogP) is 3.05. The van der Waals surface area contributed by atoms with E-state index in [0.29, 0.717) is 24.9 Å². The minimum absolute atomic E-state index is 0.179. The van der Waals surface area contributed by atoms with Crippen LogP contribution in [0.25, 0.3) is 0 Å². The molecule has 1 amide bonds. The van der Waals surface area contributed by atoms with Crippen molar-refractivity contribution in [2.24, 2.45) is 10.9 Å². The van der Waals surface area contributed by atoms with Gasteiger partial charge < -0.3 is 9.84 Å². The minimum Gasteiger partial charge on any atom is -0.465 e. The number of aliphatic imine (C=N–C) groups is 1. The summed E-state index contributed by atoms with van der Waals surface area (Å²) in [6.07, 6.45) is -0.227. The molecule has 2 N–H and O–H groups in total. The quantitative estimate of drug-likeness (QED) is 0.796. The summed E-state index contributed by atoms with van der Waals surface area (Å²) in [5.74, 6) is 0.255. The minimum atomic E-state index is -1.07. The van der Waals surface area contributed by atoms with Gasteiger partial charge in [0.15, 0.2) is 5.17 Å². The summed E-state index contributed by atoms with van der Waals surface area (Å²) in [5, 5.41) is 11.8. The zero-order valence-corrected chi connectivity index (χ0v) is 13.6. The second-order valence-electron chi connectivity index (χ2n) is 5.10. The first-order valence-electron chi connectivity index (χ1n) is 6.67. The van der Waals surface area contributed by atoms with Crippen molar-refractivity contribution in [1.29, 1.82) is 0 Å². The van der Waals surface area contributed by atoms with Crippen LogP contribution in [0.4, 0.5) is 4.79 Å². The van der Waals surface area contributed by atoms with E-state index in [1.165, 1.54) is 17.3 Å². The topological polar surface area (TPSA) is 70.9 Å². The number of carbonyl (C=O) groups is 1. The number of ether oxygens (including phenoxy) is 1. The standard InChI is InChI=1S/C14H15BrN2O3S/c15-11-3-1-2-9(6-11)14-4-5-20-8-10(14)7-16-12(21-14)17-13(18)19/h1-3,6,10H,4-5,7-8H2,(H,16,17)(H,18,19). The summed E-state index contributed by atoms with van der Waals surface area (Å²) in [4.78, 5) is 15.2. The van der Waals surface area contributed by atoms with Crippen molar-refractivity contribution in [3.63, 3.8) is 0 Å². The molecule has 1 saturated heterocycles. The van der Waals surface area contributed by atoms with Crippen LogP contribution >= 0.6 is 27.7 Å². The highest BCUT2D eigenvalue weighted by atomic mass is 79.9. The second-order valence-corrected chi connectivity index (χ2v) is 7.33. The Kier molecular flexibility index (Phi) is 4.24. The molecule has 2 heterocycles. The van der Waals surface area contributed by atoms with Gasteiger partial charge in [-0.05, 0) is 24.1 Å². The highest BCUT2D eigenvalue weighted by molar-refractivity contribution is 9.10. The van der Waals surface area contributed by atoms with Gasteiger partial charge in [-0.1, -0.05) is 39.8 Å². The highest BCUT2D eigenvalue weighted by Gasteiger charge is 2.47. The third kappa shape index (κ3) is 2.95. The molecule has 2 aliphatic heterocycles. The van der Waals surface area contributed by atoms with E-state index in [1.54, 1.807) is 0 Å². The summed E-state index contributed by atoms with van der Waals surface area (Å²) in [5.41, 5.74) is 1.19. The van der Waals surface area contributed by atoms with Gasteiger partial charge in [0, 0.05) is 23.5 Å². The maximum absolute atomic E-state index is 10.9. The summed E-state index contributed by atoms with van der Waals surface area (Å²) in [7, 11) is 0. The van der Waals surface area contributed by atoms with Crippen LogP contribution < -0.4 is 5.32 Å². The summed E-state index contributed by atoms with van der Waals surface area (Å²) in [6, 6.07) is 8.21. The Labute approximate surface area is 135 Å². The molecule has 0 radical (unpaired) electrons. The average Bonchev–Trinajstić information content (AvgIpc) is 2.46. The number of amidine groups is 1. The first-order chi connectivity index (χ1) is 10.1. The molecular weight excluding hydrogens is 356 g/mol. The molecule has 21 heavy (non-hydrogen) atoms. The molecule has 0 spiro atoms. The number of thioether (sulfide) groups is 1. The monoisotopic (exact) mass is 370 g/mol. The molecule has 5 nitrogen and oxygen atoms in total. The summed E-state index contributed by atoms with van der Waals surface area (Å²) >= 11 is 5.03. The van der Waals surface area contributed by atoms with Crippen LogP contribution in [-0.4, -0.2) is 36.1 Å². The number of benzene rings is 1. The fourth-order valence-corrected chi connectivity index (χ4v) is 4.63. The van der Waals surface area contributed by atoms with Gasteiger partial charge in [0.1, 0.15) is 0 Å². The highest BCUT2D eigenvalue weighted by Crippen LogP contribution is 2.51. The van der Waals surface area contributed by atoms with Crippen LogP contribution in [0.15, 0.2) is 33.7 Å². The predicted molar refractivity (Wildman–Crippen MR) is 85.8 cm³/mol. The number of hydrogen-bond donors (Lipinski definition) is 2. The average molecular weight is 371 g/mol. The molecule has 1 fully saturated rings. The number of amides is 1. The molecule has 2 aliphatic rings. The van der Waals surface area contributed by atoms with Crippen LogP contribution in [0.2, 0.25) is 0 Å². The van der Waals surface area contributed by atoms with Crippen LogP contribution in [0, 0.1) is 5.92 Å². The SMILES string of the molecule is O=C(O)NC1=NCC2COCCC2(c2cccc(Br)c2)S1. The maximum Gasteiger partial charge on any atom is 0.410 e. The third-order valence-corrected chi connectivity index (χ3v) is 5.91. The first kappa shape index (κ1) is 14.9. The summed E-state index contributed by atoms with van der Waals surface area (Å²) in [6.45, 7) is 1.91. The van der Waals surface area contributed by atoms with Gasteiger partial charge >= 0.3 is 6.09 Å². The summed E-state index contributed by atoms with van der Waals surface area (Å²) < 4.78 is 6.45. The van der Waals surface area contributed by atoms with Crippen LogP contribution in [0.3, 0.4) is 0 Å². The fraction of sp³-hybridized carbons (Fsp3) is 0.429. The van der Waals surface area contributed by atoms with E-state index in [0.717, 1.165) is 10.9 Å². The van der Waals surface area contributed by atoms with Gasteiger partial charge in [-0.15, -0.1) is 0 Å². The van der Waals surface area contributed by atoms with Crippen molar-refractivity contribution >= 4 is 39.0 Å². The molecule has 0 bridgehead atoms. The van der Waals surface area contributed by atoms with Crippen molar-refractivity contribution in [3.05, 3.63) is 34.3 Å². The molecule has 1 aromatic rings. The number of hydrogen-bond acceptors (Lipinski definition) is 4. The van der Waals surface area contributed by atoms with Crippen molar-refractivity contribution in [2.75, 3.05) is 19.8 Å². The largest absolute Gasteiger partial charge is 0.465 e. The van der Waals surface area contributed by atoms with Crippen LogP contribution in [-0.2, 0) is 9.48 Å². The molecule has 0 aliphatic carbocycles. The van der Waals surface area contributed by atoms with Crippen molar-refractivity contribution in [3.8, 4) is 0 Å². The number of carboxylic acid groups (broad SMARTS) is 1. The van der Waals surface area contributed by atoms with E-state index in [2.05, 4.69) is 38.4 Å². The van der Waals surface area contributed by atoms with Crippen LogP contribution in [0.1, 0.15) is 12.0 Å². The second kappa shape index (κ2) is 5.98. The van der Waals surface area contributed by atoms with Gasteiger partial charge in [-0.2, -0.15) is 0 Å². The van der Waals surface area contributed by atoms with Crippen molar-refractivity contribution in [2.45, 2.75) is 11.2 Å². The van der Waals surface area contributed by atoms with Gasteiger partial charge in [0.25, 0.3) is 0 Å². The Morgan fingerprint density at radius 1 is 1.57 bits per heavy atom. The Bertz CT molecular complexity index is 595. The van der Waals surface area contributed by atoms with E-state index in [-0.39, 0.29) is 10.7 Å². The molecule has 0 aromatic heterocycles. The number of halogens is 1. The van der Waals surface area contributed by atoms with Gasteiger partial charge in [-0.3, -0.25) is 10.3 Å². The molecule has 7 heteroatoms. The Hall–Kier alpha value is -1.05. The lowest BCUT2D eigenvalue weighted by Crippen LogP contribution is -2.47. The smallest absolute Gasteiger partial charge is 0.410 e. The molecule has 1 aromatic carbocycles. The van der Waals surface area contributed by atoms with E-state index < -0.39 is 6.09 Å². The lowest BCUT2D eigenvalue weighted by Gasteiger charge is -2.45. The zero-order valence-electron chi connectivity index (χ0n) is 11.2. The molecule has 2 atom stereocenters. The molecule has 112 valence electrons. The van der Waals surface area contributed by atoms with E-state index >= 15 is 0 Å². The van der Waals surface area contributed by atoms with E-state index in [1.807, 2.05) is 12.1 Å². The number of nitrogens with one attached hydrogen (secondary N) is 1. The number of fused-ring (bicyclic) bond motifs is 1. The third-order valence-electron chi connectivity index (χ3n) is 3.86. The number of nitrogens with zero attached hydrogens (tertiary/aromatic N) is 1. The van der Waals surface area contributed by atoms with Gasteiger partial charge in [0.05, 0.1) is 11.4 Å². The fourth-order valence-electron chi connectivity index (χ4n) is 2.87. The Balaban J connectivity index is 1.98. The molecule has 0 saturated carbocycles. The zero-order chi connectivity index (χ0) is 14.9. The van der Waals surface area contributed by atoms with Crippen molar-refractivity contribution < 1.29 is 14.6 Å². The lowest BCUT2D eigenvalue weighted by molar-refractivity contribution is 0.0327. The van der Waals surface area contributed by atoms with Crippen LogP contribution in [0.5, 0.6) is 0 Å². The van der Waals surface area contributed by atoms with Gasteiger partial charge in [0.2, 0.25) is 0 Å². The van der Waals surface area contributed by atoms with Crippen molar-refractivity contribution in [1.82, 2.24) is 5.32 Å². The number of rotatable bonds is 1. The Morgan fingerprint density at radius 3 is 3.19 bits per heavy atom. The maximum atomic E-state index is 10.9. The normalized spacial score (nSPS) is 28.4. The Morgan fingerprint density at radius 2 is 2.43 bits per heavy atom. The van der Waals surface area contributed by atoms with E-state index in [4.69, 9.17) is 9.84 Å². The molecule has 2 unspecified atom stereocenters. The first-order valence-corrected chi connectivity index (χ1v) is 8.28. The van der Waals surface area contributed by atoms with Gasteiger partial charge in [-0.25, -0.2) is 4.79 Å². The molecular formula is C14H15BrN2O3S. The molecule has 3 rings (SSSR count). The lowest BCUT2D eigenvalue weighted by atomic mass is 9.81. The van der Waals surface area contributed by atoms with E-state index in [9.17, 15) is 4.79 Å².